The second-order valence-electron chi connectivity index (χ2n) is 5.42. The van der Waals surface area contributed by atoms with Crippen LogP contribution in [0.5, 0.6) is 5.88 Å². The number of rotatable bonds is 3. The number of pyridine rings is 1. The Morgan fingerprint density at radius 3 is 2.57 bits per heavy atom. The number of aromatic nitrogens is 1. The molecule has 1 heterocycles. The Balaban J connectivity index is 2.82. The van der Waals surface area contributed by atoms with Crippen molar-refractivity contribution in [2.75, 3.05) is 0 Å². The monoisotopic (exact) mass is 330 g/mol. The number of nitriles is 1. The standard InChI is InChI=1S/C17H15ClN2O3/c1-9(2)20-16(22)13(8-19)10(3)14(17(20)23)15(21)11-5-4-6-12(18)7-11/h4-7,9,23H,1-3H3. The van der Waals surface area contributed by atoms with E-state index in [1.54, 1.807) is 32.0 Å². The van der Waals surface area contributed by atoms with Crippen LogP contribution in [0.1, 0.15) is 46.9 Å². The van der Waals surface area contributed by atoms with Crippen LogP contribution in [0.2, 0.25) is 5.02 Å². The van der Waals surface area contributed by atoms with Gasteiger partial charge in [0.15, 0.2) is 5.78 Å². The molecule has 5 nitrogen and oxygen atoms in total. The number of carbonyl (C=O) groups is 1. The lowest BCUT2D eigenvalue weighted by Crippen LogP contribution is -2.28. The second-order valence-corrected chi connectivity index (χ2v) is 5.86. The van der Waals surface area contributed by atoms with Gasteiger partial charge in [-0.1, -0.05) is 23.7 Å². The first-order valence-corrected chi connectivity index (χ1v) is 7.35. The van der Waals surface area contributed by atoms with Gasteiger partial charge in [0.25, 0.3) is 5.56 Å². The molecule has 0 radical (unpaired) electrons. The molecule has 1 aromatic carbocycles. The lowest BCUT2D eigenvalue weighted by atomic mass is 9.97. The third kappa shape index (κ3) is 2.86. The Morgan fingerprint density at radius 2 is 2.04 bits per heavy atom. The summed E-state index contributed by atoms with van der Waals surface area (Å²) in [7, 11) is 0. The molecule has 2 aromatic rings. The highest BCUT2D eigenvalue weighted by molar-refractivity contribution is 6.31. The molecule has 0 saturated carbocycles. The van der Waals surface area contributed by atoms with E-state index in [9.17, 15) is 20.0 Å². The van der Waals surface area contributed by atoms with Crippen molar-refractivity contribution in [1.82, 2.24) is 4.57 Å². The van der Waals surface area contributed by atoms with Crippen LogP contribution in [-0.4, -0.2) is 15.5 Å². The number of halogens is 1. The average Bonchev–Trinajstić information content (AvgIpc) is 2.47. The van der Waals surface area contributed by atoms with Crippen molar-refractivity contribution >= 4 is 17.4 Å². The van der Waals surface area contributed by atoms with Gasteiger partial charge < -0.3 is 5.11 Å². The normalized spacial score (nSPS) is 10.6. The maximum Gasteiger partial charge on any atom is 0.271 e. The molecule has 0 atom stereocenters. The van der Waals surface area contributed by atoms with Crippen LogP contribution in [0.25, 0.3) is 0 Å². The molecule has 0 spiro atoms. The molecule has 0 bridgehead atoms. The largest absolute Gasteiger partial charge is 0.494 e. The summed E-state index contributed by atoms with van der Waals surface area (Å²) in [6, 6.07) is 7.69. The molecular weight excluding hydrogens is 316 g/mol. The summed E-state index contributed by atoms with van der Waals surface area (Å²) in [6.45, 7) is 4.85. The van der Waals surface area contributed by atoms with Crippen molar-refractivity contribution in [3.8, 4) is 11.9 Å². The minimum Gasteiger partial charge on any atom is -0.494 e. The smallest absolute Gasteiger partial charge is 0.271 e. The molecule has 0 aliphatic heterocycles. The van der Waals surface area contributed by atoms with E-state index >= 15 is 0 Å². The first-order chi connectivity index (χ1) is 10.8. The van der Waals surface area contributed by atoms with Gasteiger partial charge in [0, 0.05) is 16.6 Å². The Labute approximate surface area is 138 Å². The SMILES string of the molecule is Cc1c(C(=O)c2cccc(Cl)c2)c(O)n(C(C)C)c(=O)c1C#N. The van der Waals surface area contributed by atoms with Gasteiger partial charge in [-0.2, -0.15) is 5.26 Å². The Morgan fingerprint density at radius 1 is 1.39 bits per heavy atom. The third-order valence-corrected chi connectivity index (χ3v) is 3.81. The van der Waals surface area contributed by atoms with Crippen LogP contribution in [0.4, 0.5) is 0 Å². The van der Waals surface area contributed by atoms with E-state index in [0.29, 0.717) is 5.02 Å². The van der Waals surface area contributed by atoms with Gasteiger partial charge in [0.2, 0.25) is 5.88 Å². The van der Waals surface area contributed by atoms with E-state index in [-0.39, 0.29) is 22.3 Å². The van der Waals surface area contributed by atoms with Crippen molar-refractivity contribution in [1.29, 1.82) is 5.26 Å². The quantitative estimate of drug-likeness (QED) is 0.876. The highest BCUT2D eigenvalue weighted by Crippen LogP contribution is 2.27. The number of benzene rings is 1. The van der Waals surface area contributed by atoms with E-state index in [1.165, 1.54) is 13.0 Å². The molecule has 0 saturated heterocycles. The predicted molar refractivity (Wildman–Crippen MR) is 87.1 cm³/mol. The highest BCUT2D eigenvalue weighted by Gasteiger charge is 2.25. The van der Waals surface area contributed by atoms with Crippen LogP contribution in [0.15, 0.2) is 29.1 Å². The molecule has 0 unspecified atom stereocenters. The molecule has 6 heteroatoms. The zero-order chi connectivity index (χ0) is 17.3. The number of ketones is 1. The van der Waals surface area contributed by atoms with E-state index in [1.807, 2.05) is 6.07 Å². The van der Waals surface area contributed by atoms with Gasteiger partial charge in [-0.3, -0.25) is 14.2 Å². The number of hydrogen-bond acceptors (Lipinski definition) is 4. The van der Waals surface area contributed by atoms with Gasteiger partial charge in [0.1, 0.15) is 11.6 Å². The van der Waals surface area contributed by atoms with Crippen molar-refractivity contribution in [2.45, 2.75) is 26.8 Å². The zero-order valence-corrected chi connectivity index (χ0v) is 13.7. The van der Waals surface area contributed by atoms with E-state index in [2.05, 4.69) is 0 Å². The molecule has 23 heavy (non-hydrogen) atoms. The van der Waals surface area contributed by atoms with Crippen molar-refractivity contribution < 1.29 is 9.90 Å². The molecule has 118 valence electrons. The Hall–Kier alpha value is -2.58. The zero-order valence-electron chi connectivity index (χ0n) is 12.9. The summed E-state index contributed by atoms with van der Waals surface area (Å²) >= 11 is 5.90. The lowest BCUT2D eigenvalue weighted by Gasteiger charge is -2.18. The summed E-state index contributed by atoms with van der Waals surface area (Å²) in [6.07, 6.45) is 0. The predicted octanol–water partition coefficient (Wildman–Crippen LogP) is 3.20. The van der Waals surface area contributed by atoms with Gasteiger partial charge in [-0.25, -0.2) is 0 Å². The van der Waals surface area contributed by atoms with E-state index in [0.717, 1.165) is 4.57 Å². The number of aromatic hydroxyl groups is 1. The number of nitrogens with zero attached hydrogens (tertiary/aromatic N) is 2. The molecule has 0 aliphatic rings. The first kappa shape index (κ1) is 16.8. The minimum absolute atomic E-state index is 0.0582. The minimum atomic E-state index is -0.611. The molecule has 0 aliphatic carbocycles. The molecule has 0 fully saturated rings. The maximum atomic E-state index is 12.8. The van der Waals surface area contributed by atoms with Crippen LogP contribution in [0.3, 0.4) is 0 Å². The maximum absolute atomic E-state index is 12.8. The Kier molecular flexibility index (Phi) is 4.57. The summed E-state index contributed by atoms with van der Waals surface area (Å²) in [5.41, 5.74) is -0.384. The third-order valence-electron chi connectivity index (χ3n) is 3.58. The van der Waals surface area contributed by atoms with Crippen LogP contribution >= 0.6 is 11.6 Å². The van der Waals surface area contributed by atoms with Crippen LogP contribution < -0.4 is 5.56 Å². The summed E-state index contributed by atoms with van der Waals surface area (Å²) in [4.78, 5) is 25.0. The fraction of sp³-hybridized carbons (Fsp3) is 0.235. The first-order valence-electron chi connectivity index (χ1n) is 6.98. The van der Waals surface area contributed by atoms with E-state index in [4.69, 9.17) is 11.6 Å². The van der Waals surface area contributed by atoms with Gasteiger partial charge in [0.05, 0.1) is 5.56 Å². The molecule has 1 aromatic heterocycles. The number of carbonyl (C=O) groups excluding carboxylic acids is 1. The summed E-state index contributed by atoms with van der Waals surface area (Å²) in [5, 5.41) is 20.1. The van der Waals surface area contributed by atoms with Gasteiger partial charge >= 0.3 is 0 Å². The Bertz CT molecular complexity index is 892. The molecule has 1 N–H and O–H groups in total. The molecule has 2 rings (SSSR count). The van der Waals surface area contributed by atoms with Gasteiger partial charge in [-0.15, -0.1) is 0 Å². The molecular formula is C17H15ClN2O3. The summed E-state index contributed by atoms with van der Waals surface area (Å²) in [5.74, 6) is -0.931. The summed E-state index contributed by atoms with van der Waals surface area (Å²) < 4.78 is 1.04. The number of hydrogen-bond donors (Lipinski definition) is 1. The van der Waals surface area contributed by atoms with Crippen molar-refractivity contribution in [3.63, 3.8) is 0 Å². The second kappa shape index (κ2) is 6.27. The fourth-order valence-corrected chi connectivity index (χ4v) is 2.64. The average molecular weight is 331 g/mol. The van der Waals surface area contributed by atoms with Crippen molar-refractivity contribution in [3.05, 3.63) is 61.9 Å². The van der Waals surface area contributed by atoms with E-state index < -0.39 is 23.3 Å². The van der Waals surface area contributed by atoms with Gasteiger partial charge in [-0.05, 0) is 38.5 Å². The van der Waals surface area contributed by atoms with Crippen LogP contribution in [-0.2, 0) is 0 Å². The fourth-order valence-electron chi connectivity index (χ4n) is 2.45. The topological polar surface area (TPSA) is 83.1 Å². The molecule has 0 amide bonds. The lowest BCUT2D eigenvalue weighted by molar-refractivity contribution is 0.103. The van der Waals surface area contributed by atoms with Crippen molar-refractivity contribution in [2.24, 2.45) is 0 Å². The van der Waals surface area contributed by atoms with Crippen LogP contribution in [0, 0.1) is 18.3 Å². The highest BCUT2D eigenvalue weighted by atomic mass is 35.5.